The maximum Gasteiger partial charge on any atom is 0.472 e. The largest absolute Gasteiger partial charge is 0.472 e. The summed E-state index contributed by atoms with van der Waals surface area (Å²) in [4.78, 5) is 23.0. The highest BCUT2D eigenvalue weighted by atomic mass is 31.2. The maximum atomic E-state index is 12.8. The summed E-state index contributed by atoms with van der Waals surface area (Å²) in [6, 6.07) is 0. The second kappa shape index (κ2) is 48.6. The fourth-order valence-electron chi connectivity index (χ4n) is 6.56. The Hall–Kier alpha value is -2.84. The SMILES string of the molecule is CC/C=C\C/C=C\C/C=C\C/C=C\C/C=C\C/C=C\C/C=C\CCCCCC(=O)OC(COCCCCCCCCCC/C=C\C/C=C\CCCCCC)COP(=O)(O)OCC[N+](C)(C)C. The molecule has 0 radical (unpaired) electrons. The summed E-state index contributed by atoms with van der Waals surface area (Å²) in [7, 11) is 1.62. The van der Waals surface area contributed by atoms with E-state index in [1.54, 1.807) is 0 Å². The number of likely N-dealkylation sites (N-methyl/N-ethyl adjacent to an activating group) is 1. The third-order valence-electron chi connectivity index (χ3n) is 10.6. The van der Waals surface area contributed by atoms with E-state index in [2.05, 4.69) is 123 Å². The molecule has 0 aliphatic carbocycles. The minimum atomic E-state index is -4.30. The van der Waals surface area contributed by atoms with Crippen LogP contribution in [0.15, 0.2) is 109 Å². The second-order valence-corrected chi connectivity index (χ2v) is 19.6. The highest BCUT2D eigenvalue weighted by molar-refractivity contribution is 7.47. The second-order valence-electron chi connectivity index (χ2n) is 18.2. The average Bonchev–Trinajstić information content (AvgIpc) is 3.28. The van der Waals surface area contributed by atoms with Gasteiger partial charge in [-0.1, -0.05) is 187 Å². The van der Waals surface area contributed by atoms with Crippen LogP contribution in [0.5, 0.6) is 0 Å². The van der Waals surface area contributed by atoms with Gasteiger partial charge in [-0.2, -0.15) is 0 Å². The number of rotatable bonds is 47. The average molecular weight is 941 g/mol. The van der Waals surface area contributed by atoms with Crippen LogP contribution >= 0.6 is 7.82 Å². The van der Waals surface area contributed by atoms with Crippen molar-refractivity contribution >= 4 is 13.8 Å². The van der Waals surface area contributed by atoms with E-state index in [9.17, 15) is 14.3 Å². The summed E-state index contributed by atoms with van der Waals surface area (Å²) in [5.74, 6) is -0.351. The van der Waals surface area contributed by atoms with Crippen LogP contribution in [0.2, 0.25) is 0 Å². The van der Waals surface area contributed by atoms with Crippen molar-refractivity contribution in [3.63, 3.8) is 0 Å². The molecule has 8 nitrogen and oxygen atoms in total. The van der Waals surface area contributed by atoms with Crippen molar-refractivity contribution in [2.45, 2.75) is 193 Å². The Balaban J connectivity index is 4.27. The lowest BCUT2D eigenvalue weighted by Gasteiger charge is -2.24. The van der Waals surface area contributed by atoms with Gasteiger partial charge in [0.05, 0.1) is 34.4 Å². The van der Waals surface area contributed by atoms with Crippen LogP contribution in [0.1, 0.15) is 187 Å². The molecule has 9 heteroatoms. The number of unbranched alkanes of at least 4 members (excludes halogenated alkanes) is 15. The van der Waals surface area contributed by atoms with Crippen molar-refractivity contribution in [3.8, 4) is 0 Å². The van der Waals surface area contributed by atoms with Gasteiger partial charge in [0.2, 0.25) is 0 Å². The normalized spacial score (nSPS) is 14.5. The number of esters is 1. The minimum Gasteiger partial charge on any atom is -0.457 e. The van der Waals surface area contributed by atoms with Crippen molar-refractivity contribution < 1.29 is 37.3 Å². The summed E-state index contributed by atoms with van der Waals surface area (Å²) in [5, 5.41) is 0. The van der Waals surface area contributed by atoms with Crippen molar-refractivity contribution in [1.29, 1.82) is 0 Å². The first-order chi connectivity index (χ1) is 32.1. The predicted molar refractivity (Wildman–Crippen MR) is 284 cm³/mol. The number of ether oxygens (including phenoxy) is 2. The number of allylic oxidation sites excluding steroid dienone is 18. The number of hydrogen-bond donors (Lipinski definition) is 1. The summed E-state index contributed by atoms with van der Waals surface area (Å²) in [5.41, 5.74) is 0. The van der Waals surface area contributed by atoms with E-state index in [1.165, 1.54) is 77.0 Å². The quantitative estimate of drug-likeness (QED) is 0.0214. The van der Waals surface area contributed by atoms with Gasteiger partial charge in [0.1, 0.15) is 19.3 Å². The minimum absolute atomic E-state index is 0.0741. The molecule has 378 valence electrons. The Morgan fingerprint density at radius 2 is 0.879 bits per heavy atom. The zero-order valence-electron chi connectivity index (χ0n) is 42.9. The van der Waals surface area contributed by atoms with Gasteiger partial charge in [0.25, 0.3) is 0 Å². The van der Waals surface area contributed by atoms with Crippen LogP contribution in [0, 0.1) is 0 Å². The van der Waals surface area contributed by atoms with E-state index < -0.39 is 13.9 Å². The molecule has 0 aromatic heterocycles. The molecule has 0 rings (SSSR count). The molecule has 0 aliphatic heterocycles. The van der Waals surface area contributed by atoms with Crippen LogP contribution in [-0.2, 0) is 27.9 Å². The topological polar surface area (TPSA) is 91.3 Å². The first-order valence-corrected chi connectivity index (χ1v) is 27.6. The highest BCUT2D eigenvalue weighted by Gasteiger charge is 2.26. The Labute approximate surface area is 406 Å². The van der Waals surface area contributed by atoms with Gasteiger partial charge < -0.3 is 18.9 Å². The van der Waals surface area contributed by atoms with Crippen LogP contribution < -0.4 is 0 Å². The molecule has 0 aromatic rings. The smallest absolute Gasteiger partial charge is 0.457 e. The lowest BCUT2D eigenvalue weighted by molar-refractivity contribution is -0.870. The van der Waals surface area contributed by atoms with E-state index in [1.807, 2.05) is 21.1 Å². The van der Waals surface area contributed by atoms with Crippen LogP contribution in [-0.4, -0.2) is 75.6 Å². The highest BCUT2D eigenvalue weighted by Crippen LogP contribution is 2.43. The number of phosphoric acid groups is 1. The molecule has 0 saturated carbocycles. The zero-order chi connectivity index (χ0) is 48.3. The number of carbonyl (C=O) groups excluding carboxylic acids is 1. The van der Waals surface area contributed by atoms with E-state index >= 15 is 0 Å². The Kier molecular flexibility index (Phi) is 46.5. The number of nitrogens with zero attached hydrogens (tertiary/aromatic N) is 1. The summed E-state index contributed by atoms with van der Waals surface area (Å²) in [6.45, 7) is 5.41. The summed E-state index contributed by atoms with van der Waals surface area (Å²) >= 11 is 0. The predicted octanol–water partition coefficient (Wildman–Crippen LogP) is 16.3. The fraction of sp³-hybridized carbons (Fsp3) is 0.667. The Bertz CT molecular complexity index is 1420. The van der Waals surface area contributed by atoms with Crippen LogP contribution in [0.3, 0.4) is 0 Å². The third kappa shape index (κ3) is 52.1. The summed E-state index contributed by atoms with van der Waals surface area (Å²) < 4.78 is 35.1. The molecule has 0 bridgehead atoms. The molecule has 0 aromatic carbocycles. The molecular weight excluding hydrogens is 842 g/mol. The fourth-order valence-corrected chi connectivity index (χ4v) is 7.30. The lowest BCUT2D eigenvalue weighted by atomic mass is 10.1. The Morgan fingerprint density at radius 3 is 1.32 bits per heavy atom. The van der Waals surface area contributed by atoms with Gasteiger partial charge in [-0.05, 0) is 103 Å². The van der Waals surface area contributed by atoms with Gasteiger partial charge in [-0.15, -0.1) is 0 Å². The maximum absolute atomic E-state index is 12.8. The first kappa shape index (κ1) is 63.2. The molecular formula is C57H99NO7P+. The van der Waals surface area contributed by atoms with Gasteiger partial charge in [0, 0.05) is 13.0 Å². The number of hydrogen-bond acceptors (Lipinski definition) is 6. The van der Waals surface area contributed by atoms with Crippen LogP contribution in [0.4, 0.5) is 0 Å². The van der Waals surface area contributed by atoms with E-state index in [0.717, 1.165) is 89.9 Å². The van der Waals surface area contributed by atoms with E-state index in [4.69, 9.17) is 18.5 Å². The number of phosphoric ester groups is 1. The van der Waals surface area contributed by atoms with Gasteiger partial charge in [-0.3, -0.25) is 13.8 Å². The molecule has 2 unspecified atom stereocenters. The molecule has 0 heterocycles. The first-order valence-electron chi connectivity index (χ1n) is 26.1. The van der Waals surface area contributed by atoms with Gasteiger partial charge in [0.15, 0.2) is 0 Å². The molecule has 0 saturated heterocycles. The summed E-state index contributed by atoms with van der Waals surface area (Å²) in [6.07, 6.45) is 68.5. The molecule has 0 aliphatic rings. The van der Waals surface area contributed by atoms with Crippen LogP contribution in [0.25, 0.3) is 0 Å². The number of quaternary nitrogens is 1. The Morgan fingerprint density at radius 1 is 0.485 bits per heavy atom. The van der Waals surface area contributed by atoms with Gasteiger partial charge >= 0.3 is 13.8 Å². The van der Waals surface area contributed by atoms with E-state index in [0.29, 0.717) is 17.6 Å². The third-order valence-corrected chi connectivity index (χ3v) is 11.6. The molecule has 1 N–H and O–H groups in total. The molecule has 0 amide bonds. The lowest BCUT2D eigenvalue weighted by Crippen LogP contribution is -2.37. The standard InChI is InChI=1S/C57H98NO7P/c1-6-8-10-12-14-16-18-20-22-24-26-27-28-29-30-31-32-34-36-38-40-42-44-46-48-50-57(59)65-56(55-64-66(60,61)63-53-51-58(3,4)5)54-62-52-49-47-45-43-41-39-37-35-33-25-23-21-19-17-15-13-11-9-7-2/h8,10,14,16-17,19-20,22-23,25-27,29-30,32,34,38,40,56H,6-7,9,11-13,15,18,21,24,28,31,33,35-37,39,41-55H2,1-5H3/p+1/b10-8-,16-14-,19-17-,22-20-,25-23-,27-26-,30-29-,34-32-,40-38-. The van der Waals surface area contributed by atoms with Crippen molar-refractivity contribution in [2.75, 3.05) is 54.1 Å². The van der Waals surface area contributed by atoms with E-state index in [-0.39, 0.29) is 32.2 Å². The van der Waals surface area contributed by atoms with Crippen molar-refractivity contribution in [1.82, 2.24) is 0 Å². The molecule has 0 spiro atoms. The monoisotopic (exact) mass is 941 g/mol. The molecule has 0 fully saturated rings. The molecule has 2 atom stereocenters. The zero-order valence-corrected chi connectivity index (χ0v) is 43.8. The molecule has 66 heavy (non-hydrogen) atoms. The number of carbonyl (C=O) groups is 1. The van der Waals surface area contributed by atoms with Gasteiger partial charge in [-0.25, -0.2) is 4.57 Å². The van der Waals surface area contributed by atoms with Crippen molar-refractivity contribution in [3.05, 3.63) is 109 Å². The van der Waals surface area contributed by atoms with Crippen molar-refractivity contribution in [2.24, 2.45) is 0 Å².